The van der Waals surface area contributed by atoms with Crippen molar-refractivity contribution >= 4 is 17.0 Å². The highest BCUT2D eigenvalue weighted by atomic mass is 32.1. The van der Waals surface area contributed by atoms with Crippen LogP contribution in [0.4, 0.5) is 5.69 Å². The van der Waals surface area contributed by atoms with Gasteiger partial charge in [0.05, 0.1) is 17.7 Å². The molecule has 0 atom stereocenters. The maximum atomic E-state index is 5.83. The SMILES string of the molecule is Cc1ncsc1CNc1cccc(Oc2ccccc2)c1. The zero-order valence-electron chi connectivity index (χ0n) is 11.7. The van der Waals surface area contributed by atoms with Crippen molar-refractivity contribution in [2.24, 2.45) is 0 Å². The van der Waals surface area contributed by atoms with E-state index in [-0.39, 0.29) is 0 Å². The molecule has 0 saturated heterocycles. The Morgan fingerprint density at radius 1 is 1.05 bits per heavy atom. The van der Waals surface area contributed by atoms with Gasteiger partial charge in [-0.05, 0) is 31.2 Å². The maximum absolute atomic E-state index is 5.83. The molecule has 4 heteroatoms. The molecule has 106 valence electrons. The summed E-state index contributed by atoms with van der Waals surface area (Å²) < 4.78 is 5.83. The molecule has 1 aromatic heterocycles. The van der Waals surface area contributed by atoms with Crippen molar-refractivity contribution in [2.45, 2.75) is 13.5 Å². The van der Waals surface area contributed by atoms with E-state index in [1.807, 2.05) is 67.0 Å². The third kappa shape index (κ3) is 3.61. The highest BCUT2D eigenvalue weighted by molar-refractivity contribution is 7.09. The second-order valence-corrected chi connectivity index (χ2v) is 5.60. The van der Waals surface area contributed by atoms with Crippen molar-refractivity contribution in [1.29, 1.82) is 0 Å². The van der Waals surface area contributed by atoms with E-state index in [4.69, 9.17) is 4.74 Å². The predicted molar refractivity (Wildman–Crippen MR) is 87.1 cm³/mol. The Morgan fingerprint density at radius 2 is 1.86 bits per heavy atom. The molecule has 2 aromatic carbocycles. The molecule has 3 aromatic rings. The number of ether oxygens (including phenoxy) is 1. The molecule has 1 heterocycles. The number of nitrogens with zero attached hydrogens (tertiary/aromatic N) is 1. The number of thiazole rings is 1. The molecule has 0 spiro atoms. The maximum Gasteiger partial charge on any atom is 0.129 e. The quantitative estimate of drug-likeness (QED) is 0.730. The lowest BCUT2D eigenvalue weighted by Crippen LogP contribution is -1.99. The second kappa shape index (κ2) is 6.41. The topological polar surface area (TPSA) is 34.2 Å². The lowest BCUT2D eigenvalue weighted by molar-refractivity contribution is 0.483. The summed E-state index contributed by atoms with van der Waals surface area (Å²) in [5.41, 5.74) is 4.00. The number of para-hydroxylation sites is 1. The molecule has 0 amide bonds. The van der Waals surface area contributed by atoms with E-state index >= 15 is 0 Å². The van der Waals surface area contributed by atoms with Crippen LogP contribution < -0.4 is 10.1 Å². The first kappa shape index (κ1) is 13.6. The van der Waals surface area contributed by atoms with Crippen LogP contribution in [0.1, 0.15) is 10.6 Å². The van der Waals surface area contributed by atoms with Gasteiger partial charge in [0.2, 0.25) is 0 Å². The van der Waals surface area contributed by atoms with Gasteiger partial charge in [-0.15, -0.1) is 11.3 Å². The average Bonchev–Trinajstić information content (AvgIpc) is 2.92. The number of aromatic nitrogens is 1. The van der Waals surface area contributed by atoms with Gasteiger partial charge < -0.3 is 10.1 Å². The van der Waals surface area contributed by atoms with E-state index in [0.717, 1.165) is 29.4 Å². The van der Waals surface area contributed by atoms with Crippen molar-refractivity contribution in [3.05, 3.63) is 70.7 Å². The van der Waals surface area contributed by atoms with Gasteiger partial charge in [-0.1, -0.05) is 24.3 Å². The number of hydrogen-bond acceptors (Lipinski definition) is 4. The second-order valence-electron chi connectivity index (χ2n) is 4.66. The Bertz CT molecular complexity index is 710. The largest absolute Gasteiger partial charge is 0.457 e. The lowest BCUT2D eigenvalue weighted by atomic mass is 10.3. The highest BCUT2D eigenvalue weighted by Gasteiger charge is 2.02. The van der Waals surface area contributed by atoms with Crippen LogP contribution in [0, 0.1) is 6.92 Å². The molecule has 0 radical (unpaired) electrons. The number of aryl methyl sites for hydroxylation is 1. The fourth-order valence-electron chi connectivity index (χ4n) is 1.97. The van der Waals surface area contributed by atoms with Gasteiger partial charge in [-0.3, -0.25) is 0 Å². The summed E-state index contributed by atoms with van der Waals surface area (Å²) in [5, 5.41) is 3.40. The lowest BCUT2D eigenvalue weighted by Gasteiger charge is -2.09. The van der Waals surface area contributed by atoms with Crippen molar-refractivity contribution in [2.75, 3.05) is 5.32 Å². The fraction of sp³-hybridized carbons (Fsp3) is 0.118. The summed E-state index contributed by atoms with van der Waals surface area (Å²) >= 11 is 1.67. The minimum Gasteiger partial charge on any atom is -0.457 e. The van der Waals surface area contributed by atoms with Crippen LogP contribution in [0.25, 0.3) is 0 Å². The van der Waals surface area contributed by atoms with Gasteiger partial charge in [-0.2, -0.15) is 0 Å². The summed E-state index contributed by atoms with van der Waals surface area (Å²) in [6.45, 7) is 2.81. The van der Waals surface area contributed by atoms with Crippen LogP contribution in [0.15, 0.2) is 60.1 Å². The van der Waals surface area contributed by atoms with Crippen LogP contribution in [-0.4, -0.2) is 4.98 Å². The van der Waals surface area contributed by atoms with Crippen molar-refractivity contribution < 1.29 is 4.74 Å². The molecule has 1 N–H and O–H groups in total. The normalized spacial score (nSPS) is 10.3. The van der Waals surface area contributed by atoms with Crippen LogP contribution >= 0.6 is 11.3 Å². The van der Waals surface area contributed by atoms with E-state index in [2.05, 4.69) is 10.3 Å². The number of rotatable bonds is 5. The zero-order chi connectivity index (χ0) is 14.5. The molecule has 0 aliphatic carbocycles. The summed E-state index contributed by atoms with van der Waals surface area (Å²) in [6.07, 6.45) is 0. The molecule has 0 aliphatic heterocycles. The number of benzene rings is 2. The Labute approximate surface area is 128 Å². The fourth-order valence-corrected chi connectivity index (χ4v) is 2.69. The van der Waals surface area contributed by atoms with E-state index < -0.39 is 0 Å². The van der Waals surface area contributed by atoms with Crippen molar-refractivity contribution in [3.8, 4) is 11.5 Å². The smallest absolute Gasteiger partial charge is 0.129 e. The number of hydrogen-bond donors (Lipinski definition) is 1. The van der Waals surface area contributed by atoms with Crippen LogP contribution in [-0.2, 0) is 6.54 Å². The molecule has 3 nitrogen and oxygen atoms in total. The summed E-state index contributed by atoms with van der Waals surface area (Å²) in [5.74, 6) is 1.67. The van der Waals surface area contributed by atoms with Crippen LogP contribution in [0.3, 0.4) is 0 Å². The van der Waals surface area contributed by atoms with Gasteiger partial charge in [0.25, 0.3) is 0 Å². The predicted octanol–water partition coefficient (Wildman–Crippen LogP) is 4.86. The van der Waals surface area contributed by atoms with Crippen LogP contribution in [0.5, 0.6) is 11.5 Å². The first-order valence-electron chi connectivity index (χ1n) is 6.77. The van der Waals surface area contributed by atoms with E-state index in [0.29, 0.717) is 0 Å². The van der Waals surface area contributed by atoms with E-state index in [9.17, 15) is 0 Å². The van der Waals surface area contributed by atoms with Gasteiger partial charge in [0.1, 0.15) is 11.5 Å². The Balaban J connectivity index is 1.67. The molecule has 0 bridgehead atoms. The monoisotopic (exact) mass is 296 g/mol. The summed E-state index contributed by atoms with van der Waals surface area (Å²) in [6, 6.07) is 17.8. The Hall–Kier alpha value is -2.33. The van der Waals surface area contributed by atoms with Crippen molar-refractivity contribution in [1.82, 2.24) is 4.98 Å². The third-order valence-electron chi connectivity index (χ3n) is 3.11. The summed E-state index contributed by atoms with van der Waals surface area (Å²) in [7, 11) is 0. The van der Waals surface area contributed by atoms with Crippen LogP contribution in [0.2, 0.25) is 0 Å². The standard InChI is InChI=1S/C17H16N2OS/c1-13-17(21-12-19-13)11-18-14-6-5-9-16(10-14)20-15-7-3-2-4-8-15/h2-10,12,18H,11H2,1H3. The molecule has 3 rings (SSSR count). The molecule has 21 heavy (non-hydrogen) atoms. The minimum atomic E-state index is 0.783. The minimum absolute atomic E-state index is 0.783. The Kier molecular flexibility index (Phi) is 4.17. The first-order valence-corrected chi connectivity index (χ1v) is 7.65. The number of anilines is 1. The molecular weight excluding hydrogens is 280 g/mol. The number of nitrogens with one attached hydrogen (secondary N) is 1. The molecule has 0 saturated carbocycles. The molecule has 0 aliphatic rings. The van der Waals surface area contributed by atoms with E-state index in [1.54, 1.807) is 11.3 Å². The Morgan fingerprint density at radius 3 is 2.62 bits per heavy atom. The summed E-state index contributed by atoms with van der Waals surface area (Å²) in [4.78, 5) is 5.51. The zero-order valence-corrected chi connectivity index (χ0v) is 12.6. The van der Waals surface area contributed by atoms with E-state index in [1.165, 1.54) is 4.88 Å². The molecule has 0 fully saturated rings. The van der Waals surface area contributed by atoms with Gasteiger partial charge in [-0.25, -0.2) is 4.98 Å². The van der Waals surface area contributed by atoms with Crippen molar-refractivity contribution in [3.63, 3.8) is 0 Å². The highest BCUT2D eigenvalue weighted by Crippen LogP contribution is 2.24. The van der Waals surface area contributed by atoms with Gasteiger partial charge >= 0.3 is 0 Å². The first-order chi connectivity index (χ1) is 10.3. The van der Waals surface area contributed by atoms with Gasteiger partial charge in [0, 0.05) is 16.6 Å². The molecular formula is C17H16N2OS. The molecule has 0 unspecified atom stereocenters. The third-order valence-corrected chi connectivity index (χ3v) is 4.05. The van der Waals surface area contributed by atoms with Gasteiger partial charge in [0.15, 0.2) is 0 Å². The average molecular weight is 296 g/mol.